The summed E-state index contributed by atoms with van der Waals surface area (Å²) in [6.45, 7) is -0.0632. The molecule has 2 N–H and O–H groups in total. The molecule has 2 heterocycles. The van der Waals surface area contributed by atoms with Gasteiger partial charge in [-0.3, -0.25) is 9.59 Å². The van der Waals surface area contributed by atoms with E-state index in [1.165, 1.54) is 6.07 Å². The minimum atomic E-state index is -0.506. The van der Waals surface area contributed by atoms with Gasteiger partial charge in [-0.05, 0) is 12.1 Å². The molecule has 0 spiro atoms. The van der Waals surface area contributed by atoms with Gasteiger partial charge in [0.1, 0.15) is 11.0 Å². The van der Waals surface area contributed by atoms with Gasteiger partial charge < -0.3 is 19.3 Å². The van der Waals surface area contributed by atoms with Crippen LogP contribution in [0, 0.1) is 0 Å². The Morgan fingerprint density at radius 2 is 2.00 bits per heavy atom. The molecule has 0 saturated carbocycles. The van der Waals surface area contributed by atoms with Crippen LogP contribution >= 0.6 is 0 Å². The highest BCUT2D eigenvalue weighted by Gasteiger charge is 2.17. The predicted octanol–water partition coefficient (Wildman–Crippen LogP) is 1.26. The second-order valence-electron chi connectivity index (χ2n) is 4.22. The quantitative estimate of drug-likeness (QED) is 0.749. The van der Waals surface area contributed by atoms with Crippen molar-refractivity contribution in [3.05, 3.63) is 46.3 Å². The van der Waals surface area contributed by atoms with Crippen LogP contribution in [0.1, 0.15) is 10.6 Å². The first kappa shape index (κ1) is 12.4. The fraction of sp³-hybridized carbons (Fsp3) is 0.143. The molecule has 0 bridgehead atoms. The Labute approximate surface area is 112 Å². The molecule has 102 valence electrons. The van der Waals surface area contributed by atoms with Crippen LogP contribution in [0.25, 0.3) is 22.1 Å². The molecule has 0 aliphatic rings. The molecule has 0 atom stereocenters. The molecule has 0 saturated heterocycles. The third kappa shape index (κ3) is 1.96. The number of aliphatic hydroxyl groups is 1. The number of furan rings is 1. The number of hydrogen-bond acceptors (Lipinski definition) is 5. The number of hydrogen-bond donors (Lipinski definition) is 2. The molecule has 0 aliphatic heterocycles. The van der Waals surface area contributed by atoms with Gasteiger partial charge in [0.15, 0.2) is 5.76 Å². The SMILES string of the molecule is O=C(NCCO)c1cc2c(=O)c3ccccc3oc2o1. The van der Waals surface area contributed by atoms with Gasteiger partial charge in [-0.2, -0.15) is 0 Å². The predicted molar refractivity (Wildman–Crippen MR) is 71.7 cm³/mol. The number of aliphatic hydroxyl groups excluding tert-OH is 1. The van der Waals surface area contributed by atoms with Crippen LogP contribution < -0.4 is 10.7 Å². The van der Waals surface area contributed by atoms with E-state index < -0.39 is 5.91 Å². The van der Waals surface area contributed by atoms with Crippen LogP contribution in [0.2, 0.25) is 0 Å². The van der Waals surface area contributed by atoms with Gasteiger partial charge in [-0.1, -0.05) is 12.1 Å². The van der Waals surface area contributed by atoms with E-state index in [0.717, 1.165) is 0 Å². The van der Waals surface area contributed by atoms with E-state index in [4.69, 9.17) is 13.9 Å². The lowest BCUT2D eigenvalue weighted by Gasteiger charge is -1.97. The lowest BCUT2D eigenvalue weighted by molar-refractivity contribution is 0.0917. The van der Waals surface area contributed by atoms with Crippen molar-refractivity contribution < 1.29 is 18.7 Å². The molecule has 6 heteroatoms. The summed E-state index contributed by atoms with van der Waals surface area (Å²) in [7, 11) is 0. The largest absolute Gasteiger partial charge is 0.425 e. The summed E-state index contributed by atoms with van der Waals surface area (Å²) in [5.74, 6) is -0.513. The summed E-state index contributed by atoms with van der Waals surface area (Å²) >= 11 is 0. The second-order valence-corrected chi connectivity index (χ2v) is 4.22. The molecule has 1 aromatic carbocycles. The summed E-state index contributed by atoms with van der Waals surface area (Å²) in [5.41, 5.74) is 0.161. The third-order valence-electron chi connectivity index (χ3n) is 2.90. The molecule has 3 rings (SSSR count). The lowest BCUT2D eigenvalue weighted by atomic mass is 10.2. The highest BCUT2D eigenvalue weighted by atomic mass is 16.5. The number of carbonyl (C=O) groups excluding carboxylic acids is 1. The van der Waals surface area contributed by atoms with Gasteiger partial charge in [-0.25, -0.2) is 0 Å². The van der Waals surface area contributed by atoms with Crippen molar-refractivity contribution in [2.75, 3.05) is 13.2 Å². The Morgan fingerprint density at radius 1 is 1.20 bits per heavy atom. The van der Waals surface area contributed by atoms with Crippen LogP contribution in [0.15, 0.2) is 44.0 Å². The number of benzene rings is 1. The number of fused-ring (bicyclic) bond motifs is 2. The van der Waals surface area contributed by atoms with E-state index in [1.807, 2.05) is 0 Å². The average molecular weight is 273 g/mol. The zero-order valence-corrected chi connectivity index (χ0v) is 10.4. The Hall–Kier alpha value is -2.60. The summed E-state index contributed by atoms with van der Waals surface area (Å²) in [6, 6.07) is 8.14. The summed E-state index contributed by atoms with van der Waals surface area (Å²) in [6.07, 6.45) is 0. The van der Waals surface area contributed by atoms with Crippen molar-refractivity contribution in [3.63, 3.8) is 0 Å². The van der Waals surface area contributed by atoms with Crippen molar-refractivity contribution in [1.82, 2.24) is 5.32 Å². The number of para-hydroxylation sites is 1. The standard InChI is InChI=1S/C14H11NO5/c16-6-5-15-13(18)11-7-9-12(17)8-3-1-2-4-10(8)19-14(9)20-11/h1-4,7,16H,5-6H2,(H,15,18). The topological polar surface area (TPSA) is 92.7 Å². The van der Waals surface area contributed by atoms with E-state index in [2.05, 4.69) is 5.32 Å². The molecule has 20 heavy (non-hydrogen) atoms. The van der Waals surface area contributed by atoms with Gasteiger partial charge in [0.2, 0.25) is 5.43 Å². The lowest BCUT2D eigenvalue weighted by Crippen LogP contribution is -2.25. The first-order valence-electron chi connectivity index (χ1n) is 6.05. The minimum Gasteiger partial charge on any atom is -0.425 e. The second kappa shape index (κ2) is 4.82. The Bertz CT molecular complexity index is 846. The van der Waals surface area contributed by atoms with Gasteiger partial charge in [0.25, 0.3) is 5.91 Å². The van der Waals surface area contributed by atoms with E-state index in [9.17, 15) is 9.59 Å². The van der Waals surface area contributed by atoms with Crippen LogP contribution in [-0.4, -0.2) is 24.2 Å². The fourth-order valence-electron chi connectivity index (χ4n) is 1.97. The van der Waals surface area contributed by atoms with Crippen molar-refractivity contribution in [2.45, 2.75) is 0 Å². The van der Waals surface area contributed by atoms with Crippen LogP contribution in [0.3, 0.4) is 0 Å². The monoisotopic (exact) mass is 273 g/mol. The number of rotatable bonds is 3. The van der Waals surface area contributed by atoms with Crippen molar-refractivity contribution in [1.29, 1.82) is 0 Å². The molecule has 0 aliphatic carbocycles. The fourth-order valence-corrected chi connectivity index (χ4v) is 1.97. The van der Waals surface area contributed by atoms with Crippen molar-refractivity contribution in [3.8, 4) is 0 Å². The molecule has 1 amide bonds. The maximum Gasteiger partial charge on any atom is 0.302 e. The number of amides is 1. The molecule has 0 unspecified atom stereocenters. The minimum absolute atomic E-state index is 0.0165. The molecule has 2 aromatic heterocycles. The normalized spacial score (nSPS) is 11.1. The van der Waals surface area contributed by atoms with Gasteiger partial charge in [-0.15, -0.1) is 0 Å². The van der Waals surface area contributed by atoms with E-state index >= 15 is 0 Å². The smallest absolute Gasteiger partial charge is 0.302 e. The van der Waals surface area contributed by atoms with Gasteiger partial charge in [0, 0.05) is 12.6 Å². The molecule has 3 aromatic rings. The average Bonchev–Trinajstić information content (AvgIpc) is 2.89. The third-order valence-corrected chi connectivity index (χ3v) is 2.90. The highest BCUT2D eigenvalue weighted by Crippen LogP contribution is 2.21. The van der Waals surface area contributed by atoms with Crippen LogP contribution in [-0.2, 0) is 0 Å². The highest BCUT2D eigenvalue weighted by molar-refractivity contribution is 5.97. The van der Waals surface area contributed by atoms with Crippen LogP contribution in [0.4, 0.5) is 0 Å². The van der Waals surface area contributed by atoms with E-state index in [-0.39, 0.29) is 35.5 Å². The Balaban J connectivity index is 2.16. The molecule has 0 fully saturated rings. The maximum absolute atomic E-state index is 12.2. The molecule has 0 radical (unpaired) electrons. The summed E-state index contributed by atoms with van der Waals surface area (Å²) < 4.78 is 10.7. The van der Waals surface area contributed by atoms with Crippen molar-refractivity contribution >= 4 is 28.0 Å². The number of carbonyl (C=O) groups is 1. The number of nitrogens with one attached hydrogen (secondary N) is 1. The molecule has 6 nitrogen and oxygen atoms in total. The maximum atomic E-state index is 12.2. The Kier molecular flexibility index (Phi) is 3.00. The Morgan fingerprint density at radius 3 is 2.80 bits per heavy atom. The first-order chi connectivity index (χ1) is 9.70. The molecular formula is C14H11NO5. The molecular weight excluding hydrogens is 262 g/mol. The zero-order valence-electron chi connectivity index (χ0n) is 10.4. The van der Waals surface area contributed by atoms with Gasteiger partial charge >= 0.3 is 5.78 Å². The van der Waals surface area contributed by atoms with Gasteiger partial charge in [0.05, 0.1) is 12.0 Å². The van der Waals surface area contributed by atoms with Crippen molar-refractivity contribution in [2.24, 2.45) is 0 Å². The summed E-state index contributed by atoms with van der Waals surface area (Å²) in [4.78, 5) is 24.0. The summed E-state index contributed by atoms with van der Waals surface area (Å²) in [5, 5.41) is 11.8. The van der Waals surface area contributed by atoms with E-state index in [1.54, 1.807) is 24.3 Å². The first-order valence-corrected chi connectivity index (χ1v) is 6.05. The van der Waals surface area contributed by atoms with Crippen LogP contribution in [0.5, 0.6) is 0 Å². The zero-order chi connectivity index (χ0) is 14.1. The van der Waals surface area contributed by atoms with E-state index in [0.29, 0.717) is 11.0 Å².